The van der Waals surface area contributed by atoms with Crippen LogP contribution in [-0.4, -0.2) is 20.2 Å². The molecular formula is C17H13N7. The smallest absolute Gasteiger partial charge is 0.173 e. The molecule has 0 amide bonds. The third kappa shape index (κ3) is 2.48. The Balaban J connectivity index is 1.78. The van der Waals surface area contributed by atoms with E-state index in [2.05, 4.69) is 30.4 Å². The Bertz CT molecular complexity index is 1020. The Hall–Kier alpha value is -3.61. The number of fused-ring (bicyclic) bond motifs is 1. The van der Waals surface area contributed by atoms with Gasteiger partial charge in [-0.05, 0) is 24.3 Å². The van der Waals surface area contributed by atoms with Crippen LogP contribution in [-0.2, 0) is 0 Å². The molecule has 0 atom stereocenters. The van der Waals surface area contributed by atoms with E-state index in [9.17, 15) is 0 Å². The maximum atomic E-state index is 5.93. The molecule has 0 unspecified atom stereocenters. The molecule has 1 aromatic carbocycles. The van der Waals surface area contributed by atoms with Gasteiger partial charge in [-0.25, -0.2) is 0 Å². The minimum atomic E-state index is 0.299. The second-order valence-corrected chi connectivity index (χ2v) is 5.14. The summed E-state index contributed by atoms with van der Waals surface area (Å²) in [4.78, 5) is 8.13. The molecule has 0 bridgehead atoms. The summed E-state index contributed by atoms with van der Waals surface area (Å²) >= 11 is 0. The average Bonchev–Trinajstić information content (AvgIpc) is 3.01. The third-order valence-corrected chi connectivity index (χ3v) is 3.65. The van der Waals surface area contributed by atoms with Gasteiger partial charge in [-0.15, -0.1) is 10.2 Å². The highest BCUT2D eigenvalue weighted by Crippen LogP contribution is 2.35. The highest BCUT2D eigenvalue weighted by Gasteiger charge is 2.12. The van der Waals surface area contributed by atoms with Crippen molar-refractivity contribution in [1.29, 1.82) is 0 Å². The number of azo groups is 1. The number of H-pyrrole nitrogens is 1. The molecule has 3 N–H and O–H groups in total. The van der Waals surface area contributed by atoms with Crippen LogP contribution in [0.4, 0.5) is 17.2 Å². The fourth-order valence-corrected chi connectivity index (χ4v) is 2.47. The summed E-state index contributed by atoms with van der Waals surface area (Å²) in [7, 11) is 0. The van der Waals surface area contributed by atoms with Crippen molar-refractivity contribution in [3.05, 3.63) is 61.2 Å². The van der Waals surface area contributed by atoms with Crippen molar-refractivity contribution >= 4 is 28.0 Å². The average molecular weight is 315 g/mol. The minimum absolute atomic E-state index is 0.299. The largest absolute Gasteiger partial charge is 0.380 e. The number of benzene rings is 1. The standard InChI is InChI=1S/C17H13N7/c18-17-16(15(22-24-17)11-4-7-19-8-5-11)23-21-14-3-1-2-12-10-20-9-6-13(12)14/h1-10H,(H3,18,22,24). The van der Waals surface area contributed by atoms with Crippen LogP contribution >= 0.6 is 0 Å². The van der Waals surface area contributed by atoms with Crippen LogP contribution in [0.5, 0.6) is 0 Å². The van der Waals surface area contributed by atoms with Crippen molar-refractivity contribution in [2.75, 3.05) is 5.73 Å². The van der Waals surface area contributed by atoms with Crippen molar-refractivity contribution in [1.82, 2.24) is 20.2 Å². The van der Waals surface area contributed by atoms with E-state index in [0.717, 1.165) is 22.0 Å². The van der Waals surface area contributed by atoms with E-state index in [1.54, 1.807) is 24.8 Å². The molecule has 3 heterocycles. The summed E-state index contributed by atoms with van der Waals surface area (Å²) in [6.07, 6.45) is 6.93. The first kappa shape index (κ1) is 14.0. The highest BCUT2D eigenvalue weighted by molar-refractivity contribution is 5.91. The zero-order chi connectivity index (χ0) is 16.4. The number of pyridine rings is 2. The van der Waals surface area contributed by atoms with Crippen LogP contribution < -0.4 is 5.73 Å². The molecule has 24 heavy (non-hydrogen) atoms. The van der Waals surface area contributed by atoms with Gasteiger partial charge in [0.05, 0.1) is 11.4 Å². The van der Waals surface area contributed by atoms with E-state index in [1.807, 2.05) is 36.4 Å². The Morgan fingerprint density at radius 3 is 2.62 bits per heavy atom. The number of nitrogens with zero attached hydrogens (tertiary/aromatic N) is 5. The molecule has 0 aliphatic heterocycles. The van der Waals surface area contributed by atoms with Gasteiger partial charge in [-0.2, -0.15) is 5.10 Å². The number of anilines is 1. The molecule has 0 aliphatic rings. The van der Waals surface area contributed by atoms with E-state index in [1.165, 1.54) is 0 Å². The first-order valence-corrected chi connectivity index (χ1v) is 7.31. The number of rotatable bonds is 3. The fourth-order valence-electron chi connectivity index (χ4n) is 2.47. The van der Waals surface area contributed by atoms with Crippen LogP contribution in [0.2, 0.25) is 0 Å². The zero-order valence-electron chi connectivity index (χ0n) is 12.6. The Kier molecular flexibility index (Phi) is 3.43. The quantitative estimate of drug-likeness (QED) is 0.557. The molecular weight excluding hydrogens is 302 g/mol. The summed E-state index contributed by atoms with van der Waals surface area (Å²) in [6.45, 7) is 0. The molecule has 0 saturated heterocycles. The number of hydrogen-bond acceptors (Lipinski definition) is 6. The van der Waals surface area contributed by atoms with Gasteiger partial charge < -0.3 is 5.73 Å². The highest BCUT2D eigenvalue weighted by atomic mass is 15.2. The number of nitrogens with one attached hydrogen (secondary N) is 1. The molecule has 0 spiro atoms. The van der Waals surface area contributed by atoms with Crippen molar-refractivity contribution in [3.8, 4) is 11.3 Å². The maximum Gasteiger partial charge on any atom is 0.173 e. The Morgan fingerprint density at radius 1 is 0.917 bits per heavy atom. The molecule has 0 fully saturated rings. The lowest BCUT2D eigenvalue weighted by Gasteiger charge is -2.01. The summed E-state index contributed by atoms with van der Waals surface area (Å²) in [5, 5.41) is 17.6. The van der Waals surface area contributed by atoms with Gasteiger partial charge in [0, 0.05) is 41.1 Å². The van der Waals surface area contributed by atoms with Crippen LogP contribution in [0.15, 0.2) is 71.4 Å². The van der Waals surface area contributed by atoms with Crippen molar-refractivity contribution in [2.24, 2.45) is 10.2 Å². The predicted octanol–water partition coefficient (Wildman–Crippen LogP) is 4.02. The maximum absolute atomic E-state index is 5.93. The predicted molar refractivity (Wildman–Crippen MR) is 92.2 cm³/mol. The number of hydrogen-bond donors (Lipinski definition) is 2. The Labute approximate surface area is 137 Å². The fraction of sp³-hybridized carbons (Fsp3) is 0. The van der Waals surface area contributed by atoms with Crippen LogP contribution in [0.1, 0.15) is 0 Å². The van der Waals surface area contributed by atoms with Crippen LogP contribution in [0.3, 0.4) is 0 Å². The summed E-state index contributed by atoms with van der Waals surface area (Å²) in [5.74, 6) is 0.299. The molecule has 7 heteroatoms. The summed E-state index contributed by atoms with van der Waals surface area (Å²) in [5.41, 5.74) is 8.79. The van der Waals surface area contributed by atoms with Crippen molar-refractivity contribution in [2.45, 2.75) is 0 Å². The van der Waals surface area contributed by atoms with Gasteiger partial charge in [0.1, 0.15) is 0 Å². The summed E-state index contributed by atoms with van der Waals surface area (Å²) in [6, 6.07) is 11.4. The monoisotopic (exact) mass is 315 g/mol. The van der Waals surface area contributed by atoms with E-state index >= 15 is 0 Å². The van der Waals surface area contributed by atoms with Gasteiger partial charge in [-0.1, -0.05) is 12.1 Å². The van der Waals surface area contributed by atoms with Crippen LogP contribution in [0, 0.1) is 0 Å². The lowest BCUT2D eigenvalue weighted by atomic mass is 10.1. The van der Waals surface area contributed by atoms with E-state index < -0.39 is 0 Å². The number of aromatic amines is 1. The number of aromatic nitrogens is 4. The molecule has 0 saturated carbocycles. The van der Waals surface area contributed by atoms with Crippen LogP contribution in [0.25, 0.3) is 22.0 Å². The van der Waals surface area contributed by atoms with E-state index in [4.69, 9.17) is 5.73 Å². The van der Waals surface area contributed by atoms with Gasteiger partial charge in [0.2, 0.25) is 0 Å². The van der Waals surface area contributed by atoms with Gasteiger partial charge >= 0.3 is 0 Å². The number of nitrogen functional groups attached to an aromatic ring is 1. The molecule has 4 aromatic rings. The summed E-state index contributed by atoms with van der Waals surface area (Å²) < 4.78 is 0. The molecule has 7 nitrogen and oxygen atoms in total. The minimum Gasteiger partial charge on any atom is -0.380 e. The second kappa shape index (κ2) is 5.88. The van der Waals surface area contributed by atoms with E-state index in [0.29, 0.717) is 17.2 Å². The molecule has 0 radical (unpaired) electrons. The normalized spacial score (nSPS) is 11.3. The van der Waals surface area contributed by atoms with Crippen molar-refractivity contribution in [3.63, 3.8) is 0 Å². The first-order valence-electron chi connectivity index (χ1n) is 7.31. The molecule has 0 aliphatic carbocycles. The lowest BCUT2D eigenvalue weighted by molar-refractivity contribution is 1.10. The van der Waals surface area contributed by atoms with Crippen molar-refractivity contribution < 1.29 is 0 Å². The topological polar surface area (TPSA) is 105 Å². The first-order chi connectivity index (χ1) is 11.8. The SMILES string of the molecule is Nc1n[nH]c(-c2ccncc2)c1N=Nc1cccc2cnccc12. The lowest BCUT2D eigenvalue weighted by Crippen LogP contribution is -1.83. The zero-order valence-corrected chi connectivity index (χ0v) is 12.6. The van der Waals surface area contributed by atoms with E-state index in [-0.39, 0.29) is 0 Å². The molecule has 3 aromatic heterocycles. The molecule has 4 rings (SSSR count). The van der Waals surface area contributed by atoms with Gasteiger partial charge in [0.15, 0.2) is 11.5 Å². The van der Waals surface area contributed by atoms with Gasteiger partial charge in [-0.3, -0.25) is 15.1 Å². The number of nitrogens with two attached hydrogens (primary N) is 1. The Morgan fingerprint density at radius 2 is 1.75 bits per heavy atom. The second-order valence-electron chi connectivity index (χ2n) is 5.14. The molecule has 116 valence electrons. The third-order valence-electron chi connectivity index (χ3n) is 3.65. The van der Waals surface area contributed by atoms with Gasteiger partial charge in [0.25, 0.3) is 0 Å².